The number of carboxylic acid groups (broad SMARTS) is 1. The molecule has 0 saturated carbocycles. The summed E-state index contributed by atoms with van der Waals surface area (Å²) in [5.74, 6) is -1.54. The van der Waals surface area contributed by atoms with Gasteiger partial charge in [0.05, 0.1) is 19.4 Å². The summed E-state index contributed by atoms with van der Waals surface area (Å²) in [5, 5.41) is 30.1. The van der Waals surface area contributed by atoms with Crippen molar-refractivity contribution < 1.29 is 43.7 Å². The molecule has 160 valence electrons. The smallest absolute Gasteiger partial charge is 0.469 e. The van der Waals surface area contributed by atoms with Crippen molar-refractivity contribution in [3.05, 3.63) is 16.7 Å². The van der Waals surface area contributed by atoms with E-state index in [0.29, 0.717) is 0 Å². The van der Waals surface area contributed by atoms with Crippen molar-refractivity contribution in [1.29, 1.82) is 0 Å². The number of carboxylic acids is 1. The molecule has 8 N–H and O–H groups in total. The molecule has 0 bridgehead atoms. The average molecular weight is 435 g/mol. The van der Waals surface area contributed by atoms with E-state index in [1.165, 1.54) is 0 Å². The van der Waals surface area contributed by atoms with Crippen molar-refractivity contribution >= 4 is 30.9 Å². The third-order valence-corrected chi connectivity index (χ3v) is 4.94. The maximum Gasteiger partial charge on any atom is 0.469 e. The minimum Gasteiger partial charge on any atom is -0.481 e. The van der Waals surface area contributed by atoms with Crippen LogP contribution < -0.4 is 11.3 Å². The zero-order valence-corrected chi connectivity index (χ0v) is 15.5. The quantitative estimate of drug-likeness (QED) is 0.222. The second-order valence-electron chi connectivity index (χ2n) is 6.35. The fourth-order valence-corrected chi connectivity index (χ4v) is 3.53. The number of aromatic amines is 1. The molecular weight excluding hydrogens is 417 g/mol. The monoisotopic (exact) mass is 435 g/mol. The molecule has 0 unspecified atom stereocenters. The number of aromatic nitrogens is 4. The molecule has 15 nitrogen and oxygen atoms in total. The number of nitrogens with two attached hydrogens (primary N) is 1. The molecule has 4 atom stereocenters. The average Bonchev–Trinajstić information content (AvgIpc) is 3.13. The molecular formula is C13H18N5O10P. The summed E-state index contributed by atoms with van der Waals surface area (Å²) in [5.41, 5.74) is 2.52. The van der Waals surface area contributed by atoms with E-state index in [-0.39, 0.29) is 17.1 Å². The van der Waals surface area contributed by atoms with E-state index >= 15 is 0 Å². The Bertz CT molecular complexity index is 1030. The Morgan fingerprint density at radius 2 is 2.14 bits per heavy atom. The van der Waals surface area contributed by atoms with Gasteiger partial charge in [0, 0.05) is 6.42 Å². The van der Waals surface area contributed by atoms with Crippen LogP contribution in [0.4, 0.5) is 5.95 Å². The molecule has 1 saturated heterocycles. The summed E-state index contributed by atoms with van der Waals surface area (Å²) >= 11 is 0. The molecule has 0 aliphatic carbocycles. The normalized spacial score (nSPS) is 27.5. The SMILES string of the molecule is Nc1nc2c(ncn2[C@]2(CCC(=O)O)O[C@H](COP(=O)(O)O)[C@@H](O)[C@H]2O)c(=O)[nH]1. The van der Waals surface area contributed by atoms with Crippen LogP contribution in [0.5, 0.6) is 0 Å². The van der Waals surface area contributed by atoms with Crippen LogP contribution in [0.15, 0.2) is 11.1 Å². The number of nitrogens with zero attached hydrogens (tertiary/aromatic N) is 3. The second-order valence-corrected chi connectivity index (χ2v) is 7.59. The van der Waals surface area contributed by atoms with Crippen LogP contribution in [-0.2, 0) is 24.3 Å². The van der Waals surface area contributed by atoms with E-state index in [9.17, 15) is 24.4 Å². The highest BCUT2D eigenvalue weighted by molar-refractivity contribution is 7.46. The number of aliphatic hydroxyl groups excluding tert-OH is 2. The number of imidazole rings is 1. The lowest BCUT2D eigenvalue weighted by molar-refractivity contribution is -0.159. The molecule has 3 heterocycles. The first kappa shape index (κ1) is 21.3. The van der Waals surface area contributed by atoms with Crippen LogP contribution in [-0.4, -0.2) is 75.5 Å². The van der Waals surface area contributed by atoms with Crippen LogP contribution in [0.3, 0.4) is 0 Å². The van der Waals surface area contributed by atoms with Gasteiger partial charge in [-0.1, -0.05) is 0 Å². The Labute approximate surface area is 161 Å². The zero-order chi connectivity index (χ0) is 21.6. The number of rotatable bonds is 7. The molecule has 2 aromatic rings. The van der Waals surface area contributed by atoms with Crippen molar-refractivity contribution in [2.75, 3.05) is 12.3 Å². The number of H-pyrrole nitrogens is 1. The number of hydrogen-bond acceptors (Lipinski definition) is 10. The molecule has 0 aromatic carbocycles. The fraction of sp³-hybridized carbons (Fsp3) is 0.538. The van der Waals surface area contributed by atoms with Crippen LogP contribution in [0.2, 0.25) is 0 Å². The number of phosphoric ester groups is 1. The number of nitrogens with one attached hydrogen (secondary N) is 1. The third-order valence-electron chi connectivity index (χ3n) is 4.46. The number of hydrogen-bond donors (Lipinski definition) is 7. The number of aliphatic hydroxyl groups is 2. The van der Waals surface area contributed by atoms with E-state index in [0.717, 1.165) is 10.9 Å². The fourth-order valence-electron chi connectivity index (χ4n) is 3.19. The molecule has 29 heavy (non-hydrogen) atoms. The minimum atomic E-state index is -4.91. The van der Waals surface area contributed by atoms with E-state index in [1.54, 1.807) is 0 Å². The molecule has 2 aromatic heterocycles. The van der Waals surface area contributed by atoms with Crippen LogP contribution in [0.25, 0.3) is 11.2 Å². The lowest BCUT2D eigenvalue weighted by Gasteiger charge is -2.33. The van der Waals surface area contributed by atoms with Crippen molar-refractivity contribution in [1.82, 2.24) is 19.5 Å². The van der Waals surface area contributed by atoms with Gasteiger partial charge < -0.3 is 35.6 Å². The lowest BCUT2D eigenvalue weighted by atomic mass is 9.97. The van der Waals surface area contributed by atoms with Crippen LogP contribution in [0.1, 0.15) is 12.8 Å². The Morgan fingerprint density at radius 1 is 1.45 bits per heavy atom. The van der Waals surface area contributed by atoms with Gasteiger partial charge in [0.25, 0.3) is 5.56 Å². The first-order valence-electron chi connectivity index (χ1n) is 8.14. The van der Waals surface area contributed by atoms with Gasteiger partial charge in [-0.2, -0.15) is 4.98 Å². The highest BCUT2D eigenvalue weighted by atomic mass is 31.2. The van der Waals surface area contributed by atoms with Crippen molar-refractivity contribution in [2.45, 2.75) is 36.9 Å². The number of nitrogen functional groups attached to an aromatic ring is 1. The molecule has 1 aliphatic rings. The maximum absolute atomic E-state index is 12.0. The molecule has 3 rings (SSSR count). The molecule has 1 aliphatic heterocycles. The number of anilines is 1. The van der Waals surface area contributed by atoms with Gasteiger partial charge in [-0.05, 0) is 0 Å². The Hall–Kier alpha value is -2.39. The van der Waals surface area contributed by atoms with Crippen molar-refractivity contribution in [2.24, 2.45) is 0 Å². The van der Waals surface area contributed by atoms with Gasteiger partial charge in [0.2, 0.25) is 5.95 Å². The topological polar surface area (TPSA) is 243 Å². The molecule has 16 heteroatoms. The van der Waals surface area contributed by atoms with Gasteiger partial charge in [0.1, 0.15) is 18.3 Å². The summed E-state index contributed by atoms with van der Waals surface area (Å²) in [7, 11) is -4.91. The number of ether oxygens (including phenoxy) is 1. The van der Waals surface area contributed by atoms with E-state index in [1.807, 2.05) is 0 Å². The minimum absolute atomic E-state index is 0.153. The highest BCUT2D eigenvalue weighted by Crippen LogP contribution is 2.43. The van der Waals surface area contributed by atoms with E-state index in [4.69, 9.17) is 25.4 Å². The van der Waals surface area contributed by atoms with Crippen molar-refractivity contribution in [3.8, 4) is 0 Å². The predicted molar refractivity (Wildman–Crippen MR) is 92.3 cm³/mol. The van der Waals surface area contributed by atoms with Crippen LogP contribution in [0, 0.1) is 0 Å². The zero-order valence-electron chi connectivity index (χ0n) is 14.6. The summed E-state index contributed by atoms with van der Waals surface area (Å²) in [4.78, 5) is 50.9. The standard InChI is InChI=1S/C13H18N5O10P/c14-12-16-10-7(11(23)17-12)15-4-18(10)13(2-1-6(19)20)9(22)8(21)5(28-13)3-27-29(24,25)26/h4-5,8-9,21-22H,1-3H2,(H,19,20)(H2,24,25,26)(H3,14,16,17,23)/t5-,8-,9-,13-/m1/s1. The molecule has 1 fully saturated rings. The summed E-state index contributed by atoms with van der Waals surface area (Å²) in [6.07, 6.45) is -4.83. The number of carbonyl (C=O) groups is 1. The molecule has 0 spiro atoms. The van der Waals surface area contributed by atoms with Gasteiger partial charge in [-0.15, -0.1) is 0 Å². The highest BCUT2D eigenvalue weighted by Gasteiger charge is 2.56. The van der Waals surface area contributed by atoms with Gasteiger partial charge in [-0.25, -0.2) is 9.55 Å². The Balaban J connectivity index is 2.09. The van der Waals surface area contributed by atoms with Crippen LogP contribution >= 0.6 is 7.82 Å². The molecule has 0 radical (unpaired) electrons. The Morgan fingerprint density at radius 3 is 2.76 bits per heavy atom. The van der Waals surface area contributed by atoms with Gasteiger partial charge in [0.15, 0.2) is 16.9 Å². The number of fused-ring (bicyclic) bond motifs is 1. The first-order valence-corrected chi connectivity index (χ1v) is 9.67. The largest absolute Gasteiger partial charge is 0.481 e. The van der Waals surface area contributed by atoms with Crippen molar-refractivity contribution in [3.63, 3.8) is 0 Å². The van der Waals surface area contributed by atoms with E-state index in [2.05, 4.69) is 19.5 Å². The van der Waals surface area contributed by atoms with Gasteiger partial charge in [-0.3, -0.25) is 23.7 Å². The van der Waals surface area contributed by atoms with E-state index < -0.39 is 62.8 Å². The lowest BCUT2D eigenvalue weighted by Crippen LogP contribution is -2.46. The third kappa shape index (κ3) is 4.02. The maximum atomic E-state index is 12.0. The number of aliphatic carboxylic acids is 1. The Kier molecular flexibility index (Phi) is 5.48. The predicted octanol–water partition coefficient (Wildman–Crippen LogP) is -2.55. The summed E-state index contributed by atoms with van der Waals surface area (Å²) in [6.45, 7) is -0.805. The molecule has 0 amide bonds. The summed E-state index contributed by atoms with van der Waals surface area (Å²) < 4.78 is 22.0. The second kappa shape index (κ2) is 7.46. The summed E-state index contributed by atoms with van der Waals surface area (Å²) in [6, 6.07) is 0. The first-order chi connectivity index (χ1) is 13.4. The van der Waals surface area contributed by atoms with Gasteiger partial charge >= 0.3 is 13.8 Å². The number of phosphoric acid groups is 1.